The Morgan fingerprint density at radius 3 is 0.852 bits per heavy atom. The van der Waals surface area contributed by atoms with E-state index in [0.29, 0.717) is 19.8 Å². The molecule has 1 saturated carbocycles. The zero-order chi connectivity index (χ0) is 20.1. The monoisotopic (exact) mass is 375 g/mol. The third kappa shape index (κ3) is 2.21. The van der Waals surface area contributed by atoms with Crippen LogP contribution in [0.1, 0.15) is 62.3 Å². The summed E-state index contributed by atoms with van der Waals surface area (Å²) in [7, 11) is 0. The van der Waals surface area contributed by atoms with Crippen molar-refractivity contribution >= 4 is 17.7 Å². The summed E-state index contributed by atoms with van der Waals surface area (Å²) >= 11 is 0. The summed E-state index contributed by atoms with van der Waals surface area (Å²) in [6, 6.07) is 0. The molecule has 0 aromatic carbocycles. The lowest BCUT2D eigenvalue weighted by molar-refractivity contribution is 0.248. The first kappa shape index (κ1) is 18.8. The number of nitrogens with zero attached hydrogens (tertiary/aromatic N) is 3. The third-order valence-corrected chi connectivity index (χ3v) is 7.12. The van der Waals surface area contributed by atoms with Gasteiger partial charge in [0, 0.05) is 0 Å². The van der Waals surface area contributed by atoms with Crippen LogP contribution in [0.4, 0.5) is 0 Å². The molecule has 0 atom stereocenters. The van der Waals surface area contributed by atoms with E-state index in [9.17, 15) is 0 Å². The van der Waals surface area contributed by atoms with E-state index in [4.69, 9.17) is 29.2 Å². The lowest BCUT2D eigenvalue weighted by Gasteiger charge is -2.17. The van der Waals surface area contributed by atoms with Crippen molar-refractivity contribution in [3.63, 3.8) is 0 Å². The summed E-state index contributed by atoms with van der Waals surface area (Å²) in [5.41, 5.74) is -1.95. The minimum atomic E-state index is -0.424. The Bertz CT molecular complexity index is 678. The van der Waals surface area contributed by atoms with Gasteiger partial charge in [0.25, 0.3) is 0 Å². The van der Waals surface area contributed by atoms with Gasteiger partial charge in [0.05, 0.1) is 32.9 Å². The SMILES string of the molecule is CC1(C)COC(C2(C)C(C)(C3=NC(C)(C)CO3)C2(C)C2=NC(C)(C)CO2)=N1. The summed E-state index contributed by atoms with van der Waals surface area (Å²) in [6.45, 7) is 20.9. The smallest absolute Gasteiger partial charge is 0.192 e. The second kappa shape index (κ2) is 4.87. The van der Waals surface area contributed by atoms with E-state index in [1.54, 1.807) is 0 Å². The van der Waals surface area contributed by atoms with Gasteiger partial charge >= 0.3 is 0 Å². The largest absolute Gasteiger partial charge is 0.478 e. The Hall–Kier alpha value is -1.59. The molecular weight excluding hydrogens is 342 g/mol. The Kier molecular flexibility index (Phi) is 3.38. The van der Waals surface area contributed by atoms with Crippen LogP contribution in [0, 0.1) is 16.2 Å². The van der Waals surface area contributed by atoms with E-state index in [1.165, 1.54) is 0 Å². The molecule has 0 saturated heterocycles. The lowest BCUT2D eigenvalue weighted by Crippen LogP contribution is -2.26. The highest BCUT2D eigenvalue weighted by Crippen LogP contribution is 2.81. The van der Waals surface area contributed by atoms with Crippen LogP contribution in [0.2, 0.25) is 0 Å². The fourth-order valence-electron chi connectivity index (χ4n) is 4.93. The van der Waals surface area contributed by atoms with Crippen LogP contribution in [0.25, 0.3) is 0 Å². The number of hydrogen-bond donors (Lipinski definition) is 0. The minimum absolute atomic E-state index is 0.224. The van der Waals surface area contributed by atoms with Crippen molar-refractivity contribution in [2.24, 2.45) is 31.2 Å². The van der Waals surface area contributed by atoms with E-state index in [-0.39, 0.29) is 16.6 Å². The fourth-order valence-corrected chi connectivity index (χ4v) is 4.93. The highest BCUT2D eigenvalue weighted by Gasteiger charge is 2.90. The van der Waals surface area contributed by atoms with E-state index in [2.05, 4.69) is 62.3 Å². The van der Waals surface area contributed by atoms with Crippen molar-refractivity contribution in [2.75, 3.05) is 19.8 Å². The van der Waals surface area contributed by atoms with Crippen LogP contribution in [-0.2, 0) is 14.2 Å². The first-order valence-electron chi connectivity index (χ1n) is 9.88. The molecule has 0 unspecified atom stereocenters. The van der Waals surface area contributed by atoms with Crippen molar-refractivity contribution in [3.8, 4) is 0 Å². The predicted octanol–water partition coefficient (Wildman–Crippen LogP) is 3.64. The predicted molar refractivity (Wildman–Crippen MR) is 107 cm³/mol. The van der Waals surface area contributed by atoms with Crippen molar-refractivity contribution < 1.29 is 14.2 Å². The summed E-state index contributed by atoms with van der Waals surface area (Å²) < 4.78 is 18.4. The van der Waals surface area contributed by atoms with Crippen molar-refractivity contribution in [2.45, 2.75) is 78.9 Å². The molecule has 6 nitrogen and oxygen atoms in total. The number of ether oxygens (including phenoxy) is 3. The van der Waals surface area contributed by atoms with Gasteiger partial charge in [-0.25, -0.2) is 15.0 Å². The molecule has 0 radical (unpaired) electrons. The standard InChI is InChI=1S/C21H33N3O3/c1-16(2)10-25-13(22-16)19(7)20(8,14-23-17(3,4)11-26-14)21(19,9)15-24-18(5,6)12-27-15/h10-12H2,1-9H3. The van der Waals surface area contributed by atoms with Gasteiger partial charge in [-0.1, -0.05) is 0 Å². The highest BCUT2D eigenvalue weighted by atomic mass is 16.5. The molecule has 3 heterocycles. The van der Waals surface area contributed by atoms with Gasteiger partial charge in [-0.3, -0.25) is 0 Å². The maximum Gasteiger partial charge on any atom is 0.192 e. The molecule has 4 aliphatic rings. The van der Waals surface area contributed by atoms with Crippen LogP contribution in [-0.4, -0.2) is 54.1 Å². The Morgan fingerprint density at radius 1 is 0.481 bits per heavy atom. The number of hydrogen-bond acceptors (Lipinski definition) is 6. The molecule has 0 aromatic rings. The van der Waals surface area contributed by atoms with Gasteiger partial charge in [0.2, 0.25) is 0 Å². The Labute approximate surface area is 162 Å². The molecule has 0 spiro atoms. The van der Waals surface area contributed by atoms with Crippen LogP contribution in [0.3, 0.4) is 0 Å². The van der Waals surface area contributed by atoms with Gasteiger partial charge in [-0.2, -0.15) is 0 Å². The Morgan fingerprint density at radius 2 is 0.704 bits per heavy atom. The summed E-state index contributed by atoms with van der Waals surface area (Å²) in [5.74, 6) is 2.30. The van der Waals surface area contributed by atoms with E-state index >= 15 is 0 Å². The summed E-state index contributed by atoms with van der Waals surface area (Å²) in [4.78, 5) is 14.8. The molecule has 3 aliphatic heterocycles. The van der Waals surface area contributed by atoms with Crippen molar-refractivity contribution in [1.29, 1.82) is 0 Å². The number of rotatable bonds is 3. The first-order valence-corrected chi connectivity index (χ1v) is 9.88. The molecule has 27 heavy (non-hydrogen) atoms. The maximum atomic E-state index is 6.14. The molecule has 4 rings (SSSR count). The van der Waals surface area contributed by atoms with Gasteiger partial charge in [-0.05, 0) is 62.3 Å². The number of aliphatic imine (C=N–C) groups is 3. The Balaban J connectivity index is 1.86. The van der Waals surface area contributed by atoms with Crippen molar-refractivity contribution in [1.82, 2.24) is 0 Å². The zero-order valence-electron chi connectivity index (χ0n) is 18.2. The normalized spacial score (nSPS) is 43.2. The molecule has 0 aromatic heterocycles. The quantitative estimate of drug-likeness (QED) is 0.756. The molecule has 0 amide bonds. The third-order valence-electron chi connectivity index (χ3n) is 7.12. The van der Waals surface area contributed by atoms with E-state index < -0.39 is 16.2 Å². The zero-order valence-corrected chi connectivity index (χ0v) is 18.2. The van der Waals surface area contributed by atoms with Gasteiger partial charge in [0.15, 0.2) is 17.7 Å². The van der Waals surface area contributed by atoms with Gasteiger partial charge < -0.3 is 14.2 Å². The van der Waals surface area contributed by atoms with Crippen LogP contribution >= 0.6 is 0 Å². The van der Waals surface area contributed by atoms with Crippen LogP contribution < -0.4 is 0 Å². The topological polar surface area (TPSA) is 64.8 Å². The molecule has 0 bridgehead atoms. The molecule has 1 fully saturated rings. The van der Waals surface area contributed by atoms with E-state index in [0.717, 1.165) is 17.7 Å². The fraction of sp³-hybridized carbons (Fsp3) is 0.857. The molecule has 150 valence electrons. The summed E-state index contributed by atoms with van der Waals surface area (Å²) in [6.07, 6.45) is 0. The molecular formula is C21H33N3O3. The van der Waals surface area contributed by atoms with Crippen LogP contribution in [0.5, 0.6) is 0 Å². The minimum Gasteiger partial charge on any atom is -0.478 e. The van der Waals surface area contributed by atoms with Crippen molar-refractivity contribution in [3.05, 3.63) is 0 Å². The van der Waals surface area contributed by atoms with E-state index in [1.807, 2.05) is 0 Å². The molecule has 1 aliphatic carbocycles. The van der Waals surface area contributed by atoms with Gasteiger partial charge in [-0.15, -0.1) is 0 Å². The summed E-state index contributed by atoms with van der Waals surface area (Å²) in [5, 5.41) is 0. The maximum absolute atomic E-state index is 6.14. The van der Waals surface area contributed by atoms with Gasteiger partial charge in [0.1, 0.15) is 19.8 Å². The first-order chi connectivity index (χ1) is 12.2. The molecule has 6 heteroatoms. The molecule has 0 N–H and O–H groups in total. The van der Waals surface area contributed by atoms with Crippen LogP contribution in [0.15, 0.2) is 15.0 Å². The second-order valence-corrected chi connectivity index (χ2v) is 10.9. The second-order valence-electron chi connectivity index (χ2n) is 10.9. The lowest BCUT2D eigenvalue weighted by atomic mass is 9.95. The average molecular weight is 376 g/mol. The highest BCUT2D eigenvalue weighted by molar-refractivity contribution is 6.11. The average Bonchev–Trinajstić information content (AvgIpc) is 3.06.